The van der Waals surface area contributed by atoms with Crippen LogP contribution in [0.2, 0.25) is 0 Å². The fraction of sp³-hybridized carbons (Fsp3) is 0.235. The van der Waals surface area contributed by atoms with Gasteiger partial charge in [0.15, 0.2) is 0 Å². The smallest absolute Gasteiger partial charge is 0.251 e. The summed E-state index contributed by atoms with van der Waals surface area (Å²) in [6, 6.07) is 10.7. The van der Waals surface area contributed by atoms with E-state index in [4.69, 9.17) is 0 Å². The van der Waals surface area contributed by atoms with Gasteiger partial charge in [-0.3, -0.25) is 14.6 Å². The minimum atomic E-state index is -0.260. The van der Waals surface area contributed by atoms with Crippen molar-refractivity contribution in [3.63, 3.8) is 0 Å². The molecule has 0 fully saturated rings. The molecule has 2 amide bonds. The lowest BCUT2D eigenvalue weighted by atomic mass is 10.1. The van der Waals surface area contributed by atoms with Crippen LogP contribution in [0.4, 0.5) is 0 Å². The Bertz CT molecular complexity index is 639. The second-order valence-electron chi connectivity index (χ2n) is 5.12. The number of pyridine rings is 1. The molecule has 1 heterocycles. The van der Waals surface area contributed by atoms with Crippen molar-refractivity contribution in [2.75, 3.05) is 6.54 Å². The highest BCUT2D eigenvalue weighted by molar-refractivity contribution is 5.96. The van der Waals surface area contributed by atoms with Crippen LogP contribution >= 0.6 is 0 Å². The predicted molar refractivity (Wildman–Crippen MR) is 84.3 cm³/mol. The van der Waals surface area contributed by atoms with Crippen LogP contribution in [0.5, 0.6) is 0 Å². The average Bonchev–Trinajstić information content (AvgIpc) is 2.54. The average molecular weight is 297 g/mol. The van der Waals surface area contributed by atoms with E-state index >= 15 is 0 Å². The molecule has 0 saturated carbocycles. The van der Waals surface area contributed by atoms with E-state index in [1.165, 1.54) is 0 Å². The van der Waals surface area contributed by atoms with Gasteiger partial charge in [-0.05, 0) is 37.6 Å². The molecule has 5 heteroatoms. The molecule has 0 bridgehead atoms. The third kappa shape index (κ3) is 4.41. The maximum atomic E-state index is 11.9. The fourth-order valence-electron chi connectivity index (χ4n) is 1.98. The molecule has 0 saturated heterocycles. The molecular weight excluding hydrogens is 278 g/mol. The lowest BCUT2D eigenvalue weighted by Crippen LogP contribution is -2.38. The van der Waals surface area contributed by atoms with Crippen molar-refractivity contribution in [3.05, 3.63) is 65.5 Å². The van der Waals surface area contributed by atoms with Gasteiger partial charge in [-0.15, -0.1) is 0 Å². The number of amides is 2. The molecular formula is C17H19N3O2. The van der Waals surface area contributed by atoms with Crippen LogP contribution in [0.25, 0.3) is 0 Å². The van der Waals surface area contributed by atoms with E-state index in [0.29, 0.717) is 5.56 Å². The number of carbonyl (C=O) groups excluding carboxylic acids is 2. The van der Waals surface area contributed by atoms with E-state index in [9.17, 15) is 9.59 Å². The largest absolute Gasteiger partial charge is 0.348 e. The molecule has 0 spiro atoms. The van der Waals surface area contributed by atoms with Gasteiger partial charge in [0.2, 0.25) is 5.91 Å². The van der Waals surface area contributed by atoms with Crippen molar-refractivity contribution in [3.8, 4) is 0 Å². The molecule has 2 aromatic rings. The highest BCUT2D eigenvalue weighted by Gasteiger charge is 2.11. The zero-order chi connectivity index (χ0) is 15.9. The van der Waals surface area contributed by atoms with E-state index in [1.807, 2.05) is 38.1 Å². The van der Waals surface area contributed by atoms with Crippen molar-refractivity contribution in [2.45, 2.75) is 19.9 Å². The topological polar surface area (TPSA) is 71.1 Å². The maximum Gasteiger partial charge on any atom is 0.251 e. The first kappa shape index (κ1) is 15.7. The Morgan fingerprint density at radius 3 is 2.55 bits per heavy atom. The quantitative estimate of drug-likeness (QED) is 0.886. The number of rotatable bonds is 5. The summed E-state index contributed by atoms with van der Waals surface area (Å²) >= 11 is 0. The molecule has 0 aliphatic carbocycles. The van der Waals surface area contributed by atoms with E-state index in [-0.39, 0.29) is 24.4 Å². The van der Waals surface area contributed by atoms with Crippen molar-refractivity contribution < 1.29 is 9.59 Å². The summed E-state index contributed by atoms with van der Waals surface area (Å²) in [6.45, 7) is 3.77. The van der Waals surface area contributed by atoms with Crippen LogP contribution in [-0.2, 0) is 4.79 Å². The Morgan fingerprint density at radius 1 is 1.18 bits per heavy atom. The number of aryl methyl sites for hydroxylation is 1. The molecule has 1 aromatic carbocycles. The summed E-state index contributed by atoms with van der Waals surface area (Å²) in [6.07, 6.45) is 3.38. The molecule has 0 radical (unpaired) electrons. The molecule has 22 heavy (non-hydrogen) atoms. The highest BCUT2D eigenvalue weighted by Crippen LogP contribution is 2.09. The van der Waals surface area contributed by atoms with E-state index in [0.717, 1.165) is 11.1 Å². The Morgan fingerprint density at radius 2 is 1.91 bits per heavy atom. The number of hydrogen-bond acceptors (Lipinski definition) is 3. The van der Waals surface area contributed by atoms with Gasteiger partial charge < -0.3 is 10.6 Å². The van der Waals surface area contributed by atoms with Gasteiger partial charge in [0.05, 0.1) is 12.6 Å². The van der Waals surface area contributed by atoms with Gasteiger partial charge in [0.1, 0.15) is 0 Å². The number of aromatic nitrogens is 1. The molecule has 0 aliphatic heterocycles. The van der Waals surface area contributed by atoms with Crippen molar-refractivity contribution in [1.82, 2.24) is 15.6 Å². The zero-order valence-electron chi connectivity index (χ0n) is 12.7. The van der Waals surface area contributed by atoms with Gasteiger partial charge in [0, 0.05) is 18.0 Å². The standard InChI is InChI=1S/C17H19N3O2/c1-12-5-7-14(8-6-12)17(22)19-11-16(21)20-13(2)15-4-3-9-18-10-15/h3-10,13H,11H2,1-2H3,(H,19,22)(H,20,21). The lowest BCUT2D eigenvalue weighted by Gasteiger charge is -2.14. The summed E-state index contributed by atoms with van der Waals surface area (Å²) in [4.78, 5) is 27.8. The molecule has 5 nitrogen and oxygen atoms in total. The molecule has 114 valence electrons. The van der Waals surface area contributed by atoms with Crippen molar-refractivity contribution in [1.29, 1.82) is 0 Å². The number of hydrogen-bond donors (Lipinski definition) is 2. The lowest BCUT2D eigenvalue weighted by molar-refractivity contribution is -0.120. The predicted octanol–water partition coefficient (Wildman–Crippen LogP) is 2.00. The van der Waals surface area contributed by atoms with Gasteiger partial charge in [-0.1, -0.05) is 23.8 Å². The first-order valence-electron chi connectivity index (χ1n) is 7.10. The molecule has 2 N–H and O–H groups in total. The summed E-state index contributed by atoms with van der Waals surface area (Å²) < 4.78 is 0. The SMILES string of the molecule is Cc1ccc(C(=O)NCC(=O)NC(C)c2cccnc2)cc1. The number of carbonyl (C=O) groups is 2. The van der Waals surface area contributed by atoms with Gasteiger partial charge in [-0.25, -0.2) is 0 Å². The summed E-state index contributed by atoms with van der Waals surface area (Å²) in [5.41, 5.74) is 2.54. The first-order valence-corrected chi connectivity index (χ1v) is 7.10. The van der Waals surface area contributed by atoms with Crippen molar-refractivity contribution in [2.24, 2.45) is 0 Å². The molecule has 1 atom stereocenters. The molecule has 1 aromatic heterocycles. The first-order chi connectivity index (χ1) is 10.6. The van der Waals surface area contributed by atoms with Crippen LogP contribution in [0.1, 0.15) is 34.5 Å². The summed E-state index contributed by atoms with van der Waals surface area (Å²) in [5, 5.41) is 5.43. The van der Waals surface area contributed by atoms with Crippen LogP contribution in [-0.4, -0.2) is 23.3 Å². The Labute approximate surface area is 129 Å². The Hall–Kier alpha value is -2.69. The number of benzene rings is 1. The minimum absolute atomic E-state index is 0.0582. The van der Waals surface area contributed by atoms with Crippen LogP contribution in [0, 0.1) is 6.92 Å². The summed E-state index contributed by atoms with van der Waals surface area (Å²) in [5.74, 6) is -0.499. The van der Waals surface area contributed by atoms with Crippen molar-refractivity contribution >= 4 is 11.8 Å². The second kappa shape index (κ2) is 7.36. The number of nitrogens with one attached hydrogen (secondary N) is 2. The van der Waals surface area contributed by atoms with Crippen LogP contribution in [0.3, 0.4) is 0 Å². The minimum Gasteiger partial charge on any atom is -0.348 e. The van der Waals surface area contributed by atoms with Gasteiger partial charge >= 0.3 is 0 Å². The van der Waals surface area contributed by atoms with E-state index < -0.39 is 0 Å². The van der Waals surface area contributed by atoms with Crippen LogP contribution in [0.15, 0.2) is 48.8 Å². The fourth-order valence-corrected chi connectivity index (χ4v) is 1.98. The molecule has 2 rings (SSSR count). The van der Waals surface area contributed by atoms with E-state index in [2.05, 4.69) is 15.6 Å². The summed E-state index contributed by atoms with van der Waals surface area (Å²) in [7, 11) is 0. The van der Waals surface area contributed by atoms with Crippen LogP contribution < -0.4 is 10.6 Å². The Balaban J connectivity index is 1.82. The second-order valence-corrected chi connectivity index (χ2v) is 5.12. The van der Waals surface area contributed by atoms with E-state index in [1.54, 1.807) is 24.5 Å². The molecule has 0 aliphatic rings. The van der Waals surface area contributed by atoms with Gasteiger partial charge in [-0.2, -0.15) is 0 Å². The van der Waals surface area contributed by atoms with Gasteiger partial charge in [0.25, 0.3) is 5.91 Å². The zero-order valence-corrected chi connectivity index (χ0v) is 12.7. The number of nitrogens with zero attached hydrogens (tertiary/aromatic N) is 1. The third-order valence-electron chi connectivity index (χ3n) is 3.29. The third-order valence-corrected chi connectivity index (χ3v) is 3.29. The Kier molecular flexibility index (Phi) is 5.25. The molecule has 1 unspecified atom stereocenters. The monoisotopic (exact) mass is 297 g/mol. The highest BCUT2D eigenvalue weighted by atomic mass is 16.2. The normalized spacial score (nSPS) is 11.5. The maximum absolute atomic E-state index is 11.9.